The van der Waals surface area contributed by atoms with Crippen LogP contribution in [0.15, 0.2) is 48.8 Å². The third-order valence-corrected chi connectivity index (χ3v) is 7.09. The topological polar surface area (TPSA) is 58.7 Å². The highest BCUT2D eigenvalue weighted by atomic mass is 16.2. The van der Waals surface area contributed by atoms with E-state index in [1.807, 2.05) is 35.4 Å². The number of carbonyl (C=O) groups excluding carboxylic acids is 1. The van der Waals surface area contributed by atoms with Crippen LogP contribution in [0.2, 0.25) is 0 Å². The number of hydrogen-bond donors (Lipinski definition) is 1. The first-order chi connectivity index (χ1) is 16.1. The summed E-state index contributed by atoms with van der Waals surface area (Å²) in [6.07, 6.45) is 3.96. The van der Waals surface area contributed by atoms with Gasteiger partial charge in [0.05, 0.1) is 0 Å². The predicted molar refractivity (Wildman–Crippen MR) is 133 cm³/mol. The number of pyridine rings is 1. The fourth-order valence-corrected chi connectivity index (χ4v) is 4.99. The van der Waals surface area contributed by atoms with Crippen LogP contribution in [0.5, 0.6) is 0 Å². The number of aromatic amines is 1. The van der Waals surface area contributed by atoms with Crippen LogP contribution >= 0.6 is 0 Å². The molecule has 5 rings (SSSR count). The summed E-state index contributed by atoms with van der Waals surface area (Å²) < 4.78 is 0. The number of piperazine rings is 2. The summed E-state index contributed by atoms with van der Waals surface area (Å²) in [5, 5.41) is 1.21. The maximum absolute atomic E-state index is 13.1. The highest BCUT2D eigenvalue weighted by Crippen LogP contribution is 2.23. The molecule has 0 spiro atoms. The van der Waals surface area contributed by atoms with Crippen LogP contribution in [0.3, 0.4) is 0 Å². The van der Waals surface area contributed by atoms with Crippen molar-refractivity contribution in [3.8, 4) is 0 Å². The Bertz CT molecular complexity index is 1080. The maximum Gasteiger partial charge on any atom is 0.254 e. The molecule has 2 saturated heterocycles. The number of anilines is 1. The van der Waals surface area contributed by atoms with Crippen molar-refractivity contribution in [1.82, 2.24) is 24.7 Å². The van der Waals surface area contributed by atoms with E-state index in [1.165, 1.54) is 10.9 Å². The molecule has 0 atom stereocenters. The smallest absolute Gasteiger partial charge is 0.254 e. The van der Waals surface area contributed by atoms with Crippen molar-refractivity contribution < 1.29 is 4.79 Å². The fourth-order valence-electron chi connectivity index (χ4n) is 4.99. The molecule has 0 aliphatic carbocycles. The predicted octanol–water partition coefficient (Wildman–Crippen LogP) is 3.05. The van der Waals surface area contributed by atoms with Crippen LogP contribution in [0.1, 0.15) is 29.8 Å². The molecule has 1 amide bonds. The number of nitrogens with zero attached hydrogens (tertiary/aromatic N) is 5. The van der Waals surface area contributed by atoms with E-state index in [4.69, 9.17) is 0 Å². The zero-order valence-electron chi connectivity index (χ0n) is 19.7. The minimum Gasteiger partial charge on any atom is -0.361 e. The average Bonchev–Trinajstić information content (AvgIpc) is 3.26. The van der Waals surface area contributed by atoms with Gasteiger partial charge in [0.2, 0.25) is 0 Å². The first kappa shape index (κ1) is 21.9. The Morgan fingerprint density at radius 1 is 1.00 bits per heavy atom. The summed E-state index contributed by atoms with van der Waals surface area (Å²) in [5.41, 5.74) is 3.11. The molecule has 7 nitrogen and oxygen atoms in total. The summed E-state index contributed by atoms with van der Waals surface area (Å²) in [4.78, 5) is 30.2. The second-order valence-corrected chi connectivity index (χ2v) is 9.45. The van der Waals surface area contributed by atoms with E-state index in [2.05, 4.69) is 56.8 Å². The largest absolute Gasteiger partial charge is 0.361 e. The molecule has 33 heavy (non-hydrogen) atoms. The maximum atomic E-state index is 13.1. The van der Waals surface area contributed by atoms with Crippen molar-refractivity contribution >= 4 is 22.6 Å². The van der Waals surface area contributed by atoms with Crippen LogP contribution < -0.4 is 4.90 Å². The van der Waals surface area contributed by atoms with Gasteiger partial charge in [-0.1, -0.05) is 12.1 Å². The molecular formula is C26H34N6O. The molecule has 3 aromatic rings. The minimum atomic E-state index is 0.141. The minimum absolute atomic E-state index is 0.141. The van der Waals surface area contributed by atoms with Crippen molar-refractivity contribution in [3.05, 3.63) is 59.9 Å². The highest BCUT2D eigenvalue weighted by molar-refractivity contribution is 5.98. The van der Waals surface area contributed by atoms with Crippen LogP contribution in [0.4, 0.5) is 5.82 Å². The molecule has 1 aromatic carbocycles. The monoisotopic (exact) mass is 446 g/mol. The standard InChI is InChI=1S/C26H34N6O/c1-20(2)30-13-15-32(16-14-30)26(33)21-6-7-23-22(18-28-24(23)17-21)19-29-9-11-31(12-10-29)25-5-3-4-8-27-25/h3-8,17-18,20,28H,9-16,19H2,1-2H3. The van der Waals surface area contributed by atoms with Gasteiger partial charge in [-0.15, -0.1) is 0 Å². The van der Waals surface area contributed by atoms with E-state index >= 15 is 0 Å². The van der Waals surface area contributed by atoms with Crippen molar-refractivity contribution in [2.24, 2.45) is 0 Å². The number of benzene rings is 1. The van der Waals surface area contributed by atoms with Gasteiger partial charge in [-0.25, -0.2) is 4.98 Å². The van der Waals surface area contributed by atoms with Crippen molar-refractivity contribution in [3.63, 3.8) is 0 Å². The van der Waals surface area contributed by atoms with Gasteiger partial charge < -0.3 is 14.8 Å². The van der Waals surface area contributed by atoms with Gasteiger partial charge in [0.1, 0.15) is 5.82 Å². The summed E-state index contributed by atoms with van der Waals surface area (Å²) >= 11 is 0. The van der Waals surface area contributed by atoms with Gasteiger partial charge in [-0.3, -0.25) is 14.6 Å². The summed E-state index contributed by atoms with van der Waals surface area (Å²) in [5.74, 6) is 1.20. The van der Waals surface area contributed by atoms with Gasteiger partial charge in [-0.2, -0.15) is 0 Å². The third kappa shape index (κ3) is 4.75. The Kier molecular flexibility index (Phi) is 6.33. The van der Waals surface area contributed by atoms with Crippen LogP contribution in [-0.2, 0) is 6.54 Å². The number of carbonyl (C=O) groups is 1. The molecule has 0 radical (unpaired) electrons. The lowest BCUT2D eigenvalue weighted by atomic mass is 10.1. The first-order valence-electron chi connectivity index (χ1n) is 12.1. The summed E-state index contributed by atoms with van der Waals surface area (Å²) in [6, 6.07) is 12.8. The second kappa shape index (κ2) is 9.53. The van der Waals surface area contributed by atoms with E-state index in [9.17, 15) is 4.79 Å². The number of aromatic nitrogens is 2. The lowest BCUT2D eigenvalue weighted by Gasteiger charge is -2.37. The fraction of sp³-hybridized carbons (Fsp3) is 0.462. The zero-order chi connectivity index (χ0) is 22.8. The molecule has 0 unspecified atom stereocenters. The molecule has 7 heteroatoms. The number of H-pyrrole nitrogens is 1. The van der Waals surface area contributed by atoms with Gasteiger partial charge in [0.25, 0.3) is 5.91 Å². The van der Waals surface area contributed by atoms with Crippen LogP contribution in [0, 0.1) is 0 Å². The van der Waals surface area contributed by atoms with E-state index in [0.717, 1.165) is 75.8 Å². The molecule has 2 fully saturated rings. The lowest BCUT2D eigenvalue weighted by Crippen LogP contribution is -2.50. The SMILES string of the molecule is CC(C)N1CCN(C(=O)c2ccc3c(CN4CCN(c5ccccn5)CC4)c[nH]c3c2)CC1. The van der Waals surface area contributed by atoms with E-state index < -0.39 is 0 Å². The highest BCUT2D eigenvalue weighted by Gasteiger charge is 2.24. The Labute approximate surface area is 196 Å². The lowest BCUT2D eigenvalue weighted by molar-refractivity contribution is 0.0595. The quantitative estimate of drug-likeness (QED) is 0.653. The zero-order valence-corrected chi connectivity index (χ0v) is 19.7. The normalized spacial score (nSPS) is 18.4. The second-order valence-electron chi connectivity index (χ2n) is 9.45. The van der Waals surface area contributed by atoms with Gasteiger partial charge >= 0.3 is 0 Å². The Morgan fingerprint density at radius 2 is 1.79 bits per heavy atom. The average molecular weight is 447 g/mol. The first-order valence-corrected chi connectivity index (χ1v) is 12.1. The van der Waals surface area contributed by atoms with E-state index in [-0.39, 0.29) is 5.91 Å². The number of rotatable bonds is 5. The molecule has 0 bridgehead atoms. The number of nitrogens with one attached hydrogen (secondary N) is 1. The number of fused-ring (bicyclic) bond motifs is 1. The van der Waals surface area contributed by atoms with Gasteiger partial charge in [0, 0.05) is 93.8 Å². The van der Waals surface area contributed by atoms with Crippen LogP contribution in [0.25, 0.3) is 10.9 Å². The molecule has 0 saturated carbocycles. The Balaban J connectivity index is 1.21. The molecular weight excluding hydrogens is 412 g/mol. The van der Waals surface area contributed by atoms with Crippen LogP contribution in [-0.4, -0.2) is 89.0 Å². The number of amides is 1. The van der Waals surface area contributed by atoms with E-state index in [1.54, 1.807) is 0 Å². The van der Waals surface area contributed by atoms with Gasteiger partial charge in [0.15, 0.2) is 0 Å². The van der Waals surface area contributed by atoms with E-state index in [0.29, 0.717) is 6.04 Å². The Hall–Kier alpha value is -2.90. The third-order valence-electron chi connectivity index (χ3n) is 7.09. The molecule has 1 N–H and O–H groups in total. The van der Waals surface area contributed by atoms with Crippen molar-refractivity contribution in [1.29, 1.82) is 0 Å². The molecule has 2 aliphatic rings. The van der Waals surface area contributed by atoms with Crippen molar-refractivity contribution in [2.75, 3.05) is 57.3 Å². The molecule has 174 valence electrons. The summed E-state index contributed by atoms with van der Waals surface area (Å²) in [6.45, 7) is 12.9. The van der Waals surface area contributed by atoms with Gasteiger partial charge in [-0.05, 0) is 43.7 Å². The molecule has 4 heterocycles. The Morgan fingerprint density at radius 3 is 2.48 bits per heavy atom. The molecule has 2 aliphatic heterocycles. The number of hydrogen-bond acceptors (Lipinski definition) is 5. The van der Waals surface area contributed by atoms with Crippen molar-refractivity contribution in [2.45, 2.75) is 26.4 Å². The summed E-state index contributed by atoms with van der Waals surface area (Å²) in [7, 11) is 0. The molecule has 2 aromatic heterocycles.